The van der Waals surface area contributed by atoms with Crippen LogP contribution in [0.3, 0.4) is 0 Å². The largest absolute Gasteiger partial charge is 0.385 e. The number of nitrogens with zero attached hydrogens (tertiary/aromatic N) is 3. The first kappa shape index (κ1) is 25.4. The fourth-order valence-corrected chi connectivity index (χ4v) is 4.66. The van der Waals surface area contributed by atoms with E-state index in [-0.39, 0.29) is 17.6 Å². The predicted molar refractivity (Wildman–Crippen MR) is 137 cm³/mol. The summed E-state index contributed by atoms with van der Waals surface area (Å²) in [5, 5.41) is 3.27. The maximum atomic E-state index is 13.4. The van der Waals surface area contributed by atoms with Crippen molar-refractivity contribution in [3.05, 3.63) is 44.7 Å². The number of hydrogen-bond acceptors (Lipinski definition) is 8. The minimum atomic E-state index is -0.241. The molecule has 0 spiro atoms. The van der Waals surface area contributed by atoms with E-state index in [1.165, 1.54) is 16.2 Å². The third-order valence-electron chi connectivity index (χ3n) is 5.03. The Hall–Kier alpha value is -2.27. The Balaban J connectivity index is 1.93. The van der Waals surface area contributed by atoms with Crippen molar-refractivity contribution in [3.8, 4) is 0 Å². The summed E-state index contributed by atoms with van der Waals surface area (Å²) in [6.07, 6.45) is 4.89. The molecule has 1 aliphatic rings. The number of carbonyl (C=O) groups excluding carboxylic acids is 1. The van der Waals surface area contributed by atoms with Crippen LogP contribution in [-0.2, 0) is 14.3 Å². The number of aryl methyl sites for hydroxylation is 1. The number of hydrogen-bond donors (Lipinski definition) is 1. The van der Waals surface area contributed by atoms with Gasteiger partial charge in [0.15, 0.2) is 0 Å². The first-order valence-electron chi connectivity index (χ1n) is 10.9. The molecule has 178 valence electrons. The number of amides is 1. The molecule has 0 unspecified atom stereocenters. The lowest BCUT2D eigenvalue weighted by molar-refractivity contribution is -0.122. The molecule has 1 fully saturated rings. The summed E-state index contributed by atoms with van der Waals surface area (Å²) in [6.45, 7) is 8.10. The van der Waals surface area contributed by atoms with E-state index in [1.807, 2.05) is 26.8 Å². The number of rotatable bonds is 11. The van der Waals surface area contributed by atoms with Crippen LogP contribution in [0.15, 0.2) is 28.0 Å². The van der Waals surface area contributed by atoms with Gasteiger partial charge in [0.2, 0.25) is 0 Å². The molecule has 33 heavy (non-hydrogen) atoms. The highest BCUT2D eigenvalue weighted by Crippen LogP contribution is 2.33. The van der Waals surface area contributed by atoms with Crippen LogP contribution >= 0.6 is 24.0 Å². The van der Waals surface area contributed by atoms with Crippen molar-refractivity contribution < 1.29 is 14.3 Å². The van der Waals surface area contributed by atoms with Crippen LogP contribution in [0, 0.1) is 6.92 Å². The highest BCUT2D eigenvalue weighted by Gasteiger charge is 2.32. The maximum Gasteiger partial charge on any atom is 0.267 e. The standard InChI is InChI=1S/C23H30N4O4S2/c1-15(2)31-13-6-9-24-19-17(21(28)26-10-5-8-16(3)20(26)25-19)14-18-22(29)27(23(32)33-18)11-7-12-30-4/h5,8,10,14-15,24H,6-7,9,11-13H2,1-4H3/b18-14-. The quantitative estimate of drug-likeness (QED) is 0.291. The molecule has 0 radical (unpaired) electrons. The normalized spacial score (nSPS) is 15.4. The van der Waals surface area contributed by atoms with Gasteiger partial charge < -0.3 is 14.8 Å². The summed E-state index contributed by atoms with van der Waals surface area (Å²) in [5.41, 5.74) is 1.55. The summed E-state index contributed by atoms with van der Waals surface area (Å²) in [6, 6.07) is 3.72. The Morgan fingerprint density at radius 3 is 2.79 bits per heavy atom. The van der Waals surface area contributed by atoms with Gasteiger partial charge >= 0.3 is 0 Å². The van der Waals surface area contributed by atoms with Gasteiger partial charge in [0.05, 0.1) is 16.6 Å². The van der Waals surface area contributed by atoms with Gasteiger partial charge in [-0.2, -0.15) is 0 Å². The molecule has 10 heteroatoms. The Bertz CT molecular complexity index is 1110. The van der Waals surface area contributed by atoms with Gasteiger partial charge in [0.25, 0.3) is 11.5 Å². The van der Waals surface area contributed by atoms with E-state index < -0.39 is 0 Å². The van der Waals surface area contributed by atoms with Crippen molar-refractivity contribution in [2.45, 2.75) is 39.7 Å². The minimum absolute atomic E-state index is 0.164. The molecule has 0 aromatic carbocycles. The SMILES string of the molecule is COCCCN1C(=O)/C(=C/c2c(NCCCOC(C)C)nc3c(C)cccn3c2=O)SC1=S. The summed E-state index contributed by atoms with van der Waals surface area (Å²) in [4.78, 5) is 33.0. The van der Waals surface area contributed by atoms with Crippen LogP contribution in [0.5, 0.6) is 0 Å². The van der Waals surface area contributed by atoms with E-state index in [9.17, 15) is 9.59 Å². The smallest absolute Gasteiger partial charge is 0.267 e. The van der Waals surface area contributed by atoms with E-state index >= 15 is 0 Å². The molecule has 1 saturated heterocycles. The molecular formula is C23H30N4O4S2. The second kappa shape index (κ2) is 11.7. The monoisotopic (exact) mass is 490 g/mol. The highest BCUT2D eigenvalue weighted by molar-refractivity contribution is 8.26. The van der Waals surface area contributed by atoms with Gasteiger partial charge in [-0.15, -0.1) is 0 Å². The van der Waals surface area contributed by atoms with Gasteiger partial charge in [0.1, 0.15) is 15.8 Å². The third kappa shape index (κ3) is 6.20. The molecule has 1 amide bonds. The lowest BCUT2D eigenvalue weighted by atomic mass is 10.2. The zero-order chi connectivity index (χ0) is 24.0. The Labute approximate surface area is 203 Å². The van der Waals surface area contributed by atoms with Crippen LogP contribution in [0.25, 0.3) is 11.7 Å². The van der Waals surface area contributed by atoms with Crippen molar-refractivity contribution in [1.29, 1.82) is 0 Å². The van der Waals surface area contributed by atoms with Crippen LogP contribution in [0.4, 0.5) is 5.82 Å². The Morgan fingerprint density at radius 2 is 2.06 bits per heavy atom. The number of ether oxygens (including phenoxy) is 2. The van der Waals surface area contributed by atoms with Crippen molar-refractivity contribution in [2.24, 2.45) is 0 Å². The molecule has 0 aliphatic carbocycles. The molecule has 8 nitrogen and oxygen atoms in total. The van der Waals surface area contributed by atoms with Crippen molar-refractivity contribution in [2.75, 3.05) is 38.7 Å². The van der Waals surface area contributed by atoms with Crippen molar-refractivity contribution in [3.63, 3.8) is 0 Å². The molecule has 1 N–H and O–H groups in total. The van der Waals surface area contributed by atoms with Gasteiger partial charge in [-0.25, -0.2) is 4.98 Å². The van der Waals surface area contributed by atoms with E-state index in [1.54, 1.807) is 30.3 Å². The average Bonchev–Trinajstić information content (AvgIpc) is 3.04. The van der Waals surface area contributed by atoms with Crippen LogP contribution in [0.2, 0.25) is 0 Å². The predicted octanol–water partition coefficient (Wildman–Crippen LogP) is 3.47. The molecule has 2 aromatic rings. The number of fused-ring (bicyclic) bond motifs is 1. The molecule has 3 heterocycles. The van der Waals surface area contributed by atoms with E-state index in [0.29, 0.717) is 59.0 Å². The fraction of sp³-hybridized carbons (Fsp3) is 0.478. The van der Waals surface area contributed by atoms with Gasteiger partial charge in [-0.1, -0.05) is 30.0 Å². The third-order valence-corrected chi connectivity index (χ3v) is 6.41. The lowest BCUT2D eigenvalue weighted by Crippen LogP contribution is -2.29. The first-order chi connectivity index (χ1) is 15.8. The molecular weight excluding hydrogens is 460 g/mol. The average molecular weight is 491 g/mol. The maximum absolute atomic E-state index is 13.4. The topological polar surface area (TPSA) is 85.2 Å². The Kier molecular flexibility index (Phi) is 9.02. The van der Waals surface area contributed by atoms with E-state index in [0.717, 1.165) is 12.0 Å². The van der Waals surface area contributed by atoms with Crippen LogP contribution < -0.4 is 10.9 Å². The number of thioether (sulfide) groups is 1. The van der Waals surface area contributed by atoms with E-state index in [2.05, 4.69) is 5.32 Å². The number of anilines is 1. The first-order valence-corrected chi connectivity index (χ1v) is 12.2. The number of pyridine rings is 1. The number of carbonyl (C=O) groups is 1. The Morgan fingerprint density at radius 1 is 1.27 bits per heavy atom. The number of thiocarbonyl (C=S) groups is 1. The van der Waals surface area contributed by atoms with Crippen molar-refractivity contribution >= 4 is 51.7 Å². The fourth-order valence-electron chi connectivity index (χ4n) is 3.37. The molecule has 3 rings (SSSR count). The molecule has 0 saturated carbocycles. The summed E-state index contributed by atoms with van der Waals surface area (Å²) >= 11 is 6.60. The number of nitrogens with one attached hydrogen (secondary N) is 1. The molecule has 1 aliphatic heterocycles. The van der Waals surface area contributed by atoms with Gasteiger partial charge in [0, 0.05) is 39.6 Å². The lowest BCUT2D eigenvalue weighted by Gasteiger charge is -2.14. The summed E-state index contributed by atoms with van der Waals surface area (Å²) < 4.78 is 12.7. The zero-order valence-electron chi connectivity index (χ0n) is 19.4. The van der Waals surface area contributed by atoms with Crippen molar-refractivity contribution in [1.82, 2.24) is 14.3 Å². The van der Waals surface area contributed by atoms with Crippen LogP contribution in [0.1, 0.15) is 37.8 Å². The molecule has 2 aromatic heterocycles. The molecule has 0 atom stereocenters. The van der Waals surface area contributed by atoms with Crippen LogP contribution in [-0.4, -0.2) is 64.0 Å². The molecule has 0 bridgehead atoms. The summed E-state index contributed by atoms with van der Waals surface area (Å²) in [7, 11) is 1.62. The summed E-state index contributed by atoms with van der Waals surface area (Å²) in [5.74, 6) is 0.245. The highest BCUT2D eigenvalue weighted by atomic mass is 32.2. The number of methoxy groups -OCH3 is 1. The number of aromatic nitrogens is 2. The second-order valence-electron chi connectivity index (χ2n) is 7.94. The van der Waals surface area contributed by atoms with Gasteiger partial charge in [-0.3, -0.25) is 18.9 Å². The van der Waals surface area contributed by atoms with Gasteiger partial charge in [-0.05, 0) is 51.3 Å². The zero-order valence-corrected chi connectivity index (χ0v) is 21.1. The minimum Gasteiger partial charge on any atom is -0.385 e. The van der Waals surface area contributed by atoms with E-state index in [4.69, 9.17) is 26.7 Å². The second-order valence-corrected chi connectivity index (χ2v) is 9.62.